The molecule has 3 heteroatoms. The fourth-order valence-corrected chi connectivity index (χ4v) is 3.50. The Morgan fingerprint density at radius 1 is 1.05 bits per heavy atom. The summed E-state index contributed by atoms with van der Waals surface area (Å²) < 4.78 is 1.30. The Kier molecular flexibility index (Phi) is 3.57. The number of hydrogen-bond acceptors (Lipinski definition) is 3. The van der Waals surface area contributed by atoms with Gasteiger partial charge in [-0.2, -0.15) is 0 Å². The van der Waals surface area contributed by atoms with Crippen LogP contribution < -0.4 is 11.3 Å². The smallest absolute Gasteiger partial charge is 0.0724 e. The molecule has 2 nitrogen and oxygen atoms in total. The van der Waals surface area contributed by atoms with E-state index in [9.17, 15) is 0 Å². The molecule has 3 N–H and O–H groups in total. The van der Waals surface area contributed by atoms with Gasteiger partial charge in [0.25, 0.3) is 0 Å². The zero-order valence-corrected chi connectivity index (χ0v) is 12.5. The molecule has 2 aromatic carbocycles. The zero-order chi connectivity index (χ0) is 14.1. The van der Waals surface area contributed by atoms with E-state index in [4.69, 9.17) is 5.84 Å². The van der Waals surface area contributed by atoms with Gasteiger partial charge in [0.1, 0.15) is 0 Å². The highest BCUT2D eigenvalue weighted by atomic mass is 32.1. The Labute approximate surface area is 123 Å². The quantitative estimate of drug-likeness (QED) is 0.561. The molecule has 1 unspecified atom stereocenters. The van der Waals surface area contributed by atoms with Crippen molar-refractivity contribution in [3.05, 3.63) is 70.1 Å². The van der Waals surface area contributed by atoms with Crippen LogP contribution >= 0.6 is 11.3 Å². The lowest BCUT2D eigenvalue weighted by Crippen LogP contribution is -2.29. The number of thiophene rings is 1. The summed E-state index contributed by atoms with van der Waals surface area (Å²) in [5.41, 5.74) is 8.01. The van der Waals surface area contributed by atoms with Crippen molar-refractivity contribution in [3.8, 4) is 0 Å². The summed E-state index contributed by atoms with van der Waals surface area (Å²) in [7, 11) is 0. The highest BCUT2D eigenvalue weighted by molar-refractivity contribution is 7.17. The van der Waals surface area contributed by atoms with Gasteiger partial charge in [-0.25, -0.2) is 5.43 Å². The van der Waals surface area contributed by atoms with Gasteiger partial charge in [0.15, 0.2) is 0 Å². The summed E-state index contributed by atoms with van der Waals surface area (Å²) in [5.74, 6) is 5.84. The predicted molar refractivity (Wildman–Crippen MR) is 86.9 cm³/mol. The lowest BCUT2D eigenvalue weighted by Gasteiger charge is -2.19. The fraction of sp³-hybridized carbons (Fsp3) is 0.176. The van der Waals surface area contributed by atoms with E-state index >= 15 is 0 Å². The van der Waals surface area contributed by atoms with Gasteiger partial charge in [0.05, 0.1) is 6.04 Å². The van der Waals surface area contributed by atoms with Gasteiger partial charge in [0, 0.05) is 4.70 Å². The minimum Gasteiger partial charge on any atom is -0.271 e. The first-order valence-corrected chi connectivity index (χ1v) is 7.58. The van der Waals surface area contributed by atoms with Crippen molar-refractivity contribution in [2.75, 3.05) is 0 Å². The first kappa shape index (κ1) is 13.3. The van der Waals surface area contributed by atoms with E-state index < -0.39 is 0 Å². The Morgan fingerprint density at radius 2 is 1.90 bits per heavy atom. The number of fused-ring (bicyclic) bond motifs is 1. The van der Waals surface area contributed by atoms with Crippen LogP contribution in [-0.4, -0.2) is 0 Å². The largest absolute Gasteiger partial charge is 0.271 e. The lowest BCUT2D eigenvalue weighted by atomic mass is 9.95. The fourth-order valence-electron chi connectivity index (χ4n) is 2.55. The Morgan fingerprint density at radius 3 is 2.65 bits per heavy atom. The Balaban J connectivity index is 2.13. The molecule has 0 fully saturated rings. The molecular formula is C17H18N2S. The van der Waals surface area contributed by atoms with E-state index in [0.29, 0.717) is 0 Å². The minimum atomic E-state index is 0.0247. The van der Waals surface area contributed by atoms with Gasteiger partial charge in [-0.3, -0.25) is 5.84 Å². The molecule has 0 aliphatic rings. The maximum absolute atomic E-state index is 5.84. The van der Waals surface area contributed by atoms with E-state index in [1.54, 1.807) is 11.3 Å². The molecule has 0 saturated carbocycles. The number of nitrogens with two attached hydrogens (primary N) is 1. The van der Waals surface area contributed by atoms with Gasteiger partial charge in [0.2, 0.25) is 0 Å². The van der Waals surface area contributed by atoms with Crippen LogP contribution in [0, 0.1) is 13.8 Å². The van der Waals surface area contributed by atoms with Crippen molar-refractivity contribution in [2.24, 2.45) is 5.84 Å². The van der Waals surface area contributed by atoms with Gasteiger partial charge in [-0.1, -0.05) is 36.4 Å². The van der Waals surface area contributed by atoms with Crippen molar-refractivity contribution in [3.63, 3.8) is 0 Å². The van der Waals surface area contributed by atoms with Crippen molar-refractivity contribution < 1.29 is 0 Å². The molecule has 0 aliphatic carbocycles. The average molecular weight is 282 g/mol. The SMILES string of the molecule is Cc1ccc(C(NN)c2cccc3ccsc23)cc1C. The summed E-state index contributed by atoms with van der Waals surface area (Å²) in [5, 5.41) is 3.40. The molecule has 0 radical (unpaired) electrons. The highest BCUT2D eigenvalue weighted by Crippen LogP contribution is 2.32. The molecular weight excluding hydrogens is 264 g/mol. The van der Waals surface area contributed by atoms with Crippen LogP contribution in [0.1, 0.15) is 28.3 Å². The third kappa shape index (κ3) is 2.24. The van der Waals surface area contributed by atoms with Gasteiger partial charge < -0.3 is 0 Å². The molecule has 102 valence electrons. The molecule has 0 bridgehead atoms. The van der Waals surface area contributed by atoms with Crippen LogP contribution in [0.25, 0.3) is 10.1 Å². The van der Waals surface area contributed by atoms with Crippen LogP contribution in [0.5, 0.6) is 0 Å². The molecule has 0 aliphatic heterocycles. The van der Waals surface area contributed by atoms with Crippen LogP contribution in [-0.2, 0) is 0 Å². The molecule has 0 spiro atoms. The molecule has 1 atom stereocenters. The second-order valence-corrected chi connectivity index (χ2v) is 6.05. The Bertz CT molecular complexity index is 746. The third-order valence-electron chi connectivity index (χ3n) is 3.85. The maximum atomic E-state index is 5.84. The second-order valence-electron chi connectivity index (χ2n) is 5.13. The summed E-state index contributed by atoms with van der Waals surface area (Å²) in [6.45, 7) is 4.27. The number of aryl methyl sites for hydroxylation is 2. The summed E-state index contributed by atoms with van der Waals surface area (Å²) in [6, 6.07) is 15.1. The number of rotatable bonds is 3. The second kappa shape index (κ2) is 5.37. The topological polar surface area (TPSA) is 38.0 Å². The standard InChI is InChI=1S/C17H18N2S/c1-11-6-7-14(10-12(11)2)16(19-18)15-5-3-4-13-8-9-20-17(13)15/h3-10,16,19H,18H2,1-2H3. The molecule has 0 saturated heterocycles. The van der Waals surface area contributed by atoms with Crippen molar-refractivity contribution in [1.29, 1.82) is 0 Å². The minimum absolute atomic E-state index is 0.0247. The van der Waals surface area contributed by atoms with Gasteiger partial charge in [-0.15, -0.1) is 11.3 Å². The van der Waals surface area contributed by atoms with Crippen molar-refractivity contribution in [1.82, 2.24) is 5.43 Å². The van der Waals surface area contributed by atoms with E-state index in [-0.39, 0.29) is 6.04 Å². The lowest BCUT2D eigenvalue weighted by molar-refractivity contribution is 0.641. The van der Waals surface area contributed by atoms with E-state index in [1.807, 2.05) is 0 Å². The van der Waals surface area contributed by atoms with Crippen LogP contribution in [0.4, 0.5) is 0 Å². The summed E-state index contributed by atoms with van der Waals surface area (Å²) in [6.07, 6.45) is 0. The predicted octanol–water partition coefficient (Wildman–Crippen LogP) is 4.07. The molecule has 20 heavy (non-hydrogen) atoms. The normalized spacial score (nSPS) is 12.8. The summed E-state index contributed by atoms with van der Waals surface area (Å²) in [4.78, 5) is 0. The van der Waals surface area contributed by atoms with Crippen LogP contribution in [0.3, 0.4) is 0 Å². The van der Waals surface area contributed by atoms with Crippen molar-refractivity contribution >= 4 is 21.4 Å². The zero-order valence-electron chi connectivity index (χ0n) is 11.7. The van der Waals surface area contributed by atoms with E-state index in [2.05, 4.69) is 67.1 Å². The molecule has 1 aromatic heterocycles. The number of hydrogen-bond donors (Lipinski definition) is 2. The van der Waals surface area contributed by atoms with Crippen LogP contribution in [0.2, 0.25) is 0 Å². The molecule has 0 amide bonds. The Hall–Kier alpha value is -1.68. The molecule has 1 heterocycles. The molecule has 3 aromatic rings. The number of nitrogens with one attached hydrogen (secondary N) is 1. The summed E-state index contributed by atoms with van der Waals surface area (Å²) >= 11 is 1.76. The van der Waals surface area contributed by atoms with Gasteiger partial charge in [-0.05, 0) is 52.9 Å². The number of hydrazine groups is 1. The number of benzene rings is 2. The van der Waals surface area contributed by atoms with Gasteiger partial charge >= 0.3 is 0 Å². The first-order valence-electron chi connectivity index (χ1n) is 6.70. The monoisotopic (exact) mass is 282 g/mol. The third-order valence-corrected chi connectivity index (χ3v) is 4.83. The van der Waals surface area contributed by atoms with E-state index in [1.165, 1.54) is 32.3 Å². The highest BCUT2D eigenvalue weighted by Gasteiger charge is 2.16. The van der Waals surface area contributed by atoms with E-state index in [0.717, 1.165) is 0 Å². The maximum Gasteiger partial charge on any atom is 0.0724 e. The average Bonchev–Trinajstić information content (AvgIpc) is 2.93. The van der Waals surface area contributed by atoms with Crippen molar-refractivity contribution in [2.45, 2.75) is 19.9 Å². The first-order chi connectivity index (χ1) is 9.70. The molecule has 3 rings (SSSR count). The van der Waals surface area contributed by atoms with Crippen LogP contribution in [0.15, 0.2) is 47.8 Å².